The maximum Gasteiger partial charge on any atom is 0.242 e. The fourth-order valence-corrected chi connectivity index (χ4v) is 2.44. The molecule has 1 heterocycles. The van der Waals surface area contributed by atoms with E-state index in [0.717, 1.165) is 6.20 Å². The molecule has 0 fully saturated rings. The Kier molecular flexibility index (Phi) is 4.39. The second-order valence-corrected chi connectivity index (χ2v) is 6.78. The van der Waals surface area contributed by atoms with E-state index in [0.29, 0.717) is 0 Å². The van der Waals surface area contributed by atoms with Gasteiger partial charge >= 0.3 is 0 Å². The molecule has 0 aliphatic rings. The largest absolute Gasteiger partial charge is 0.382 e. The highest BCUT2D eigenvalue weighted by atomic mass is 35.5. The molecule has 106 valence electrons. The number of nitrogen functional groups attached to an aromatic ring is 1. The first-order chi connectivity index (χ1) is 8.56. The lowest BCUT2D eigenvalue weighted by Crippen LogP contribution is -2.42. The molecule has 0 aliphatic carbocycles. The third-order valence-corrected chi connectivity index (χ3v) is 4.20. The van der Waals surface area contributed by atoms with Crippen LogP contribution in [0.25, 0.3) is 0 Å². The molecule has 1 amide bonds. The van der Waals surface area contributed by atoms with Crippen molar-refractivity contribution in [2.24, 2.45) is 11.1 Å². The number of pyridine rings is 1. The minimum Gasteiger partial charge on any atom is -0.382 e. The number of carbonyl (C=O) groups is 1. The number of nitrogens with zero attached hydrogens (tertiary/aromatic N) is 1. The van der Waals surface area contributed by atoms with Crippen LogP contribution in [0.4, 0.5) is 5.82 Å². The van der Waals surface area contributed by atoms with E-state index in [9.17, 15) is 13.2 Å². The van der Waals surface area contributed by atoms with Gasteiger partial charge in [-0.3, -0.25) is 4.79 Å². The minimum absolute atomic E-state index is 0.0389. The Labute approximate surface area is 116 Å². The predicted molar refractivity (Wildman–Crippen MR) is 71.8 cm³/mol. The number of carbonyl (C=O) groups excluding carboxylic acids is 1. The van der Waals surface area contributed by atoms with Gasteiger partial charge in [0.1, 0.15) is 10.7 Å². The number of anilines is 1. The Morgan fingerprint density at radius 2 is 2.11 bits per heavy atom. The molecular weight excluding hydrogens is 292 g/mol. The normalized spacial score (nSPS) is 12.4. The Morgan fingerprint density at radius 1 is 1.53 bits per heavy atom. The van der Waals surface area contributed by atoms with Gasteiger partial charge in [0.05, 0.1) is 10.4 Å². The highest BCUT2D eigenvalue weighted by Gasteiger charge is 2.27. The summed E-state index contributed by atoms with van der Waals surface area (Å²) in [6.07, 6.45) is 1.08. The van der Waals surface area contributed by atoms with Crippen LogP contribution in [0.15, 0.2) is 17.2 Å². The van der Waals surface area contributed by atoms with Gasteiger partial charge in [-0.15, -0.1) is 0 Å². The standard InChI is InChI=1S/C10H15ClN4O3S/c1-10(2,9(13)16)5-15-19(17,18)6-3-7(11)8(12)14-4-6/h3-4,15H,5H2,1-2H3,(H2,12,14)(H2,13,16). The van der Waals surface area contributed by atoms with Gasteiger partial charge in [-0.2, -0.15) is 0 Å². The molecule has 1 aromatic heterocycles. The molecule has 1 rings (SSSR count). The van der Waals surface area contributed by atoms with E-state index in [2.05, 4.69) is 9.71 Å². The fourth-order valence-electron chi connectivity index (χ4n) is 1.02. The highest BCUT2D eigenvalue weighted by Crippen LogP contribution is 2.20. The second-order valence-electron chi connectivity index (χ2n) is 4.61. The van der Waals surface area contributed by atoms with Crippen molar-refractivity contribution in [2.75, 3.05) is 12.3 Å². The zero-order valence-corrected chi connectivity index (χ0v) is 12.0. The molecule has 7 nitrogen and oxygen atoms in total. The lowest BCUT2D eigenvalue weighted by atomic mass is 9.93. The molecule has 0 saturated heterocycles. The summed E-state index contributed by atoms with van der Waals surface area (Å²) in [5, 5.41) is 0.0389. The molecule has 0 saturated carbocycles. The minimum atomic E-state index is -3.83. The molecule has 0 spiro atoms. The van der Waals surface area contributed by atoms with Crippen LogP contribution in [0.1, 0.15) is 13.8 Å². The summed E-state index contributed by atoms with van der Waals surface area (Å²) in [5.41, 5.74) is 9.55. The van der Waals surface area contributed by atoms with E-state index >= 15 is 0 Å². The predicted octanol–water partition coefficient (Wildman–Crippen LogP) is 0.107. The number of aromatic nitrogens is 1. The summed E-state index contributed by atoms with van der Waals surface area (Å²) in [6, 6.07) is 1.18. The number of primary amides is 1. The van der Waals surface area contributed by atoms with Gasteiger partial charge in [0, 0.05) is 12.7 Å². The van der Waals surface area contributed by atoms with Crippen LogP contribution >= 0.6 is 11.6 Å². The van der Waals surface area contributed by atoms with Gasteiger partial charge in [0.2, 0.25) is 15.9 Å². The topological polar surface area (TPSA) is 128 Å². The zero-order valence-electron chi connectivity index (χ0n) is 10.5. The molecule has 5 N–H and O–H groups in total. The summed E-state index contributed by atoms with van der Waals surface area (Å²) >= 11 is 5.71. The molecule has 1 aromatic rings. The average Bonchev–Trinajstić information content (AvgIpc) is 2.30. The summed E-state index contributed by atoms with van der Waals surface area (Å²) in [6.45, 7) is 2.94. The number of nitrogens with one attached hydrogen (secondary N) is 1. The number of halogens is 1. The van der Waals surface area contributed by atoms with Gasteiger partial charge in [-0.1, -0.05) is 11.6 Å². The maximum absolute atomic E-state index is 12.0. The van der Waals surface area contributed by atoms with Gasteiger partial charge in [0.25, 0.3) is 0 Å². The van der Waals surface area contributed by atoms with E-state index in [1.807, 2.05) is 0 Å². The molecule has 9 heteroatoms. The molecule has 0 atom stereocenters. The third kappa shape index (κ3) is 3.79. The lowest BCUT2D eigenvalue weighted by molar-refractivity contribution is -0.125. The SMILES string of the molecule is CC(C)(CNS(=O)(=O)c1cnc(N)c(Cl)c1)C(N)=O. The maximum atomic E-state index is 12.0. The van der Waals surface area contributed by atoms with Crippen molar-refractivity contribution >= 4 is 33.3 Å². The lowest BCUT2D eigenvalue weighted by Gasteiger charge is -2.20. The Hall–Kier alpha value is -1.38. The molecule has 19 heavy (non-hydrogen) atoms. The zero-order chi connectivity index (χ0) is 14.8. The van der Waals surface area contributed by atoms with Crippen molar-refractivity contribution in [1.82, 2.24) is 9.71 Å². The van der Waals surface area contributed by atoms with E-state index in [1.54, 1.807) is 0 Å². The number of hydrogen-bond donors (Lipinski definition) is 3. The molecule has 0 bridgehead atoms. The van der Waals surface area contributed by atoms with Gasteiger partial charge in [-0.05, 0) is 19.9 Å². The van der Waals surface area contributed by atoms with Gasteiger partial charge in [0.15, 0.2) is 0 Å². The quantitative estimate of drug-likeness (QED) is 0.711. The van der Waals surface area contributed by atoms with E-state index < -0.39 is 21.3 Å². The molecule has 0 unspecified atom stereocenters. The number of amides is 1. The third-order valence-electron chi connectivity index (χ3n) is 2.53. The van der Waals surface area contributed by atoms with Gasteiger partial charge < -0.3 is 11.5 Å². The summed E-state index contributed by atoms with van der Waals surface area (Å²) < 4.78 is 26.2. The van der Waals surface area contributed by atoms with Crippen LogP contribution in [-0.4, -0.2) is 25.9 Å². The van der Waals surface area contributed by atoms with E-state index in [-0.39, 0.29) is 22.3 Å². The van der Waals surface area contributed by atoms with Crippen molar-refractivity contribution < 1.29 is 13.2 Å². The summed E-state index contributed by atoms with van der Waals surface area (Å²) in [7, 11) is -3.83. The second kappa shape index (κ2) is 5.32. The monoisotopic (exact) mass is 306 g/mol. The van der Waals surface area contributed by atoms with Crippen LogP contribution in [0.2, 0.25) is 5.02 Å². The van der Waals surface area contributed by atoms with Crippen LogP contribution in [0.5, 0.6) is 0 Å². The summed E-state index contributed by atoms with van der Waals surface area (Å²) in [5.74, 6) is -0.568. The molecule has 0 aromatic carbocycles. The average molecular weight is 307 g/mol. The van der Waals surface area contributed by atoms with Crippen LogP contribution < -0.4 is 16.2 Å². The van der Waals surface area contributed by atoms with Crippen molar-refractivity contribution in [1.29, 1.82) is 0 Å². The van der Waals surface area contributed by atoms with E-state index in [4.69, 9.17) is 23.1 Å². The van der Waals surface area contributed by atoms with Crippen molar-refractivity contribution in [3.05, 3.63) is 17.3 Å². The Bertz CT molecular complexity index is 601. The van der Waals surface area contributed by atoms with Crippen LogP contribution in [-0.2, 0) is 14.8 Å². The van der Waals surface area contributed by atoms with E-state index in [1.165, 1.54) is 19.9 Å². The number of rotatable bonds is 5. The van der Waals surface area contributed by atoms with Crippen molar-refractivity contribution in [3.63, 3.8) is 0 Å². The van der Waals surface area contributed by atoms with Crippen molar-refractivity contribution in [2.45, 2.75) is 18.7 Å². The first-order valence-electron chi connectivity index (χ1n) is 5.27. The van der Waals surface area contributed by atoms with Crippen LogP contribution in [0, 0.1) is 5.41 Å². The number of hydrogen-bond acceptors (Lipinski definition) is 5. The summed E-state index contributed by atoms with van der Waals surface area (Å²) in [4.78, 5) is 14.6. The molecule has 0 aliphatic heterocycles. The first kappa shape index (κ1) is 15.7. The fraction of sp³-hybridized carbons (Fsp3) is 0.400. The Morgan fingerprint density at radius 3 is 2.58 bits per heavy atom. The number of nitrogens with two attached hydrogens (primary N) is 2. The highest BCUT2D eigenvalue weighted by molar-refractivity contribution is 7.89. The Balaban J connectivity index is 2.93. The first-order valence-corrected chi connectivity index (χ1v) is 7.13. The van der Waals surface area contributed by atoms with Crippen LogP contribution in [0.3, 0.4) is 0 Å². The number of sulfonamides is 1. The molecule has 0 radical (unpaired) electrons. The molecular formula is C10H15ClN4O3S. The van der Waals surface area contributed by atoms with Gasteiger partial charge in [-0.25, -0.2) is 18.1 Å². The van der Waals surface area contributed by atoms with Crippen molar-refractivity contribution in [3.8, 4) is 0 Å². The smallest absolute Gasteiger partial charge is 0.242 e.